The van der Waals surface area contributed by atoms with E-state index in [0.29, 0.717) is 5.54 Å². The van der Waals surface area contributed by atoms with Gasteiger partial charge in [-0.05, 0) is 105 Å². The van der Waals surface area contributed by atoms with Gasteiger partial charge in [-0.15, -0.1) is 0 Å². The molecule has 0 radical (unpaired) electrons. The van der Waals surface area contributed by atoms with Crippen LogP contribution in [0.1, 0.15) is 67.2 Å². The van der Waals surface area contributed by atoms with E-state index in [2.05, 4.69) is 56.4 Å². The number of piperidine rings is 2. The molecule has 0 aromatic heterocycles. The Morgan fingerprint density at radius 1 is 0.720 bits per heavy atom. The maximum Gasteiger partial charge on any atom is 0.0815 e. The highest BCUT2D eigenvalue weighted by atomic mass is 16.7. The predicted octanol–water partition coefficient (Wildman–Crippen LogP) is 3.62. The molecular formula is C21H41N3O. The van der Waals surface area contributed by atoms with E-state index in [1.807, 2.05) is 0 Å². The highest BCUT2D eigenvalue weighted by molar-refractivity contribution is 4.90. The van der Waals surface area contributed by atoms with Gasteiger partial charge < -0.3 is 0 Å². The molecule has 3 heterocycles. The van der Waals surface area contributed by atoms with Crippen LogP contribution in [0, 0.1) is 11.8 Å². The molecule has 146 valence electrons. The minimum absolute atomic E-state index is 0.0557. The summed E-state index contributed by atoms with van der Waals surface area (Å²) in [5.41, 5.74) is 0.291. The standard InChI is InChI=1S/C21H41N3O/c1-20(2,3)23-13-9-18(10-14-23)17-7-11-22(12-8-17)19-15-24(16-19)25-21(4,5)6/h17-19H,7-16H2,1-6H3. The summed E-state index contributed by atoms with van der Waals surface area (Å²) in [5.74, 6) is 1.95. The van der Waals surface area contributed by atoms with Crippen LogP contribution in [0.2, 0.25) is 0 Å². The molecule has 25 heavy (non-hydrogen) atoms. The lowest BCUT2D eigenvalue weighted by molar-refractivity contribution is -0.277. The lowest BCUT2D eigenvalue weighted by atomic mass is 9.78. The van der Waals surface area contributed by atoms with Crippen molar-refractivity contribution in [3.05, 3.63) is 0 Å². The molecule has 3 fully saturated rings. The van der Waals surface area contributed by atoms with Crippen LogP contribution in [0.3, 0.4) is 0 Å². The van der Waals surface area contributed by atoms with Crippen LogP contribution in [-0.2, 0) is 4.84 Å². The van der Waals surface area contributed by atoms with Gasteiger partial charge in [0.15, 0.2) is 0 Å². The van der Waals surface area contributed by atoms with E-state index in [9.17, 15) is 0 Å². The smallest absolute Gasteiger partial charge is 0.0815 e. The Bertz CT molecular complexity index is 417. The zero-order chi connectivity index (χ0) is 18.2. The summed E-state index contributed by atoms with van der Waals surface area (Å²) in [6.45, 7) is 20.9. The first kappa shape index (κ1) is 19.6. The third-order valence-electron chi connectivity index (χ3n) is 6.48. The molecular weight excluding hydrogens is 310 g/mol. The summed E-state index contributed by atoms with van der Waals surface area (Å²) >= 11 is 0. The third-order valence-corrected chi connectivity index (χ3v) is 6.48. The molecule has 0 aromatic carbocycles. The molecule has 0 aliphatic carbocycles. The number of hydrogen-bond donors (Lipinski definition) is 0. The van der Waals surface area contributed by atoms with E-state index in [1.54, 1.807) is 0 Å². The summed E-state index contributed by atoms with van der Waals surface area (Å²) in [6.07, 6.45) is 5.66. The molecule has 3 saturated heterocycles. The van der Waals surface area contributed by atoms with Crippen LogP contribution in [-0.4, -0.2) is 71.3 Å². The second-order valence-electron chi connectivity index (χ2n) is 10.6. The van der Waals surface area contributed by atoms with Gasteiger partial charge in [0.05, 0.1) is 5.60 Å². The minimum Gasteiger partial charge on any atom is -0.298 e. The highest BCUT2D eigenvalue weighted by Crippen LogP contribution is 2.35. The molecule has 0 bridgehead atoms. The third kappa shape index (κ3) is 5.18. The molecule has 0 atom stereocenters. The summed E-state index contributed by atoms with van der Waals surface area (Å²) < 4.78 is 0. The number of hydrogen-bond acceptors (Lipinski definition) is 4. The average Bonchev–Trinajstić information content (AvgIpc) is 2.49. The van der Waals surface area contributed by atoms with Crippen LogP contribution >= 0.6 is 0 Å². The zero-order valence-corrected chi connectivity index (χ0v) is 17.6. The van der Waals surface area contributed by atoms with Crippen molar-refractivity contribution in [2.45, 2.75) is 84.4 Å². The van der Waals surface area contributed by atoms with Gasteiger partial charge in [0.2, 0.25) is 0 Å². The van der Waals surface area contributed by atoms with E-state index < -0.39 is 0 Å². The van der Waals surface area contributed by atoms with Gasteiger partial charge in [-0.25, -0.2) is 0 Å². The number of nitrogens with zero attached hydrogens (tertiary/aromatic N) is 3. The topological polar surface area (TPSA) is 19.0 Å². The number of rotatable bonds is 3. The van der Waals surface area contributed by atoms with Crippen LogP contribution < -0.4 is 0 Å². The minimum atomic E-state index is -0.0557. The second kappa shape index (κ2) is 7.46. The molecule has 0 aromatic rings. The molecule has 3 aliphatic rings. The Labute approximate surface area is 155 Å². The zero-order valence-electron chi connectivity index (χ0n) is 17.6. The van der Waals surface area contributed by atoms with Crippen LogP contribution in [0.15, 0.2) is 0 Å². The van der Waals surface area contributed by atoms with Crippen LogP contribution in [0.25, 0.3) is 0 Å². The molecule has 3 rings (SSSR count). The van der Waals surface area contributed by atoms with Crippen LogP contribution in [0.4, 0.5) is 0 Å². The van der Waals surface area contributed by atoms with E-state index in [-0.39, 0.29) is 5.60 Å². The van der Waals surface area contributed by atoms with Crippen molar-refractivity contribution in [1.82, 2.24) is 14.9 Å². The summed E-state index contributed by atoms with van der Waals surface area (Å²) in [5, 5.41) is 2.15. The average molecular weight is 352 g/mol. The van der Waals surface area contributed by atoms with Crippen LogP contribution in [0.5, 0.6) is 0 Å². The Morgan fingerprint density at radius 2 is 1.20 bits per heavy atom. The van der Waals surface area contributed by atoms with Gasteiger partial charge in [0, 0.05) is 24.7 Å². The fourth-order valence-corrected chi connectivity index (χ4v) is 4.91. The Kier molecular flexibility index (Phi) is 5.85. The van der Waals surface area contributed by atoms with Crippen molar-refractivity contribution < 1.29 is 4.84 Å². The first-order valence-corrected chi connectivity index (χ1v) is 10.5. The fraction of sp³-hybridized carbons (Fsp3) is 1.00. The molecule has 4 nitrogen and oxygen atoms in total. The van der Waals surface area contributed by atoms with Gasteiger partial charge in [0.1, 0.15) is 0 Å². The Hall–Kier alpha value is -0.160. The normalized spacial score (nSPS) is 27.6. The van der Waals surface area contributed by atoms with Crippen molar-refractivity contribution in [3.63, 3.8) is 0 Å². The molecule has 3 aliphatic heterocycles. The van der Waals surface area contributed by atoms with Crippen molar-refractivity contribution in [2.75, 3.05) is 39.3 Å². The molecule has 0 unspecified atom stereocenters. The molecule has 0 N–H and O–H groups in total. The maximum absolute atomic E-state index is 5.95. The first-order valence-electron chi connectivity index (χ1n) is 10.5. The van der Waals surface area contributed by atoms with Gasteiger partial charge in [-0.2, -0.15) is 5.06 Å². The lowest BCUT2D eigenvalue weighted by Crippen LogP contribution is -2.61. The van der Waals surface area contributed by atoms with Crippen molar-refractivity contribution in [2.24, 2.45) is 11.8 Å². The predicted molar refractivity (Wildman–Crippen MR) is 105 cm³/mol. The van der Waals surface area contributed by atoms with E-state index in [4.69, 9.17) is 4.84 Å². The van der Waals surface area contributed by atoms with Gasteiger partial charge in [-0.1, -0.05) is 0 Å². The second-order valence-corrected chi connectivity index (χ2v) is 10.6. The van der Waals surface area contributed by atoms with Crippen molar-refractivity contribution in [3.8, 4) is 0 Å². The monoisotopic (exact) mass is 351 g/mol. The van der Waals surface area contributed by atoms with Gasteiger partial charge >= 0.3 is 0 Å². The van der Waals surface area contributed by atoms with Gasteiger partial charge in [-0.3, -0.25) is 14.6 Å². The Balaban J connectivity index is 1.36. The SMILES string of the molecule is CC(C)(C)ON1CC(N2CCC(C3CCN(C(C)(C)C)CC3)CC2)C1. The van der Waals surface area contributed by atoms with Crippen molar-refractivity contribution in [1.29, 1.82) is 0 Å². The Morgan fingerprint density at radius 3 is 1.64 bits per heavy atom. The summed E-state index contributed by atoms with van der Waals surface area (Å²) in [7, 11) is 0. The fourth-order valence-electron chi connectivity index (χ4n) is 4.91. The van der Waals surface area contributed by atoms with E-state index >= 15 is 0 Å². The summed E-state index contributed by atoms with van der Waals surface area (Å²) in [6, 6.07) is 0.728. The maximum atomic E-state index is 5.95. The molecule has 0 saturated carbocycles. The largest absolute Gasteiger partial charge is 0.298 e. The summed E-state index contributed by atoms with van der Waals surface area (Å²) in [4.78, 5) is 11.4. The quantitative estimate of drug-likeness (QED) is 0.773. The van der Waals surface area contributed by atoms with E-state index in [1.165, 1.54) is 51.9 Å². The molecule has 0 amide bonds. The first-order chi connectivity index (χ1) is 11.6. The van der Waals surface area contributed by atoms with Crippen molar-refractivity contribution >= 4 is 0 Å². The highest BCUT2D eigenvalue weighted by Gasteiger charge is 2.38. The molecule has 4 heteroatoms. The number of likely N-dealkylation sites (tertiary alicyclic amines) is 2. The number of hydroxylamine groups is 2. The van der Waals surface area contributed by atoms with E-state index in [0.717, 1.165) is 31.0 Å². The molecule has 0 spiro atoms. The van der Waals surface area contributed by atoms with Gasteiger partial charge in [0.25, 0.3) is 0 Å². The lowest BCUT2D eigenvalue weighted by Gasteiger charge is -2.49.